The molecule has 0 spiro atoms. The third kappa shape index (κ3) is 5.65. The number of methoxy groups -OCH3 is 2. The predicted molar refractivity (Wildman–Crippen MR) is 107 cm³/mol. The molecule has 27 heavy (non-hydrogen) atoms. The zero-order valence-electron chi connectivity index (χ0n) is 15.3. The van der Waals surface area contributed by atoms with Crippen molar-refractivity contribution in [1.29, 1.82) is 0 Å². The Labute approximate surface area is 162 Å². The second-order valence-electron chi connectivity index (χ2n) is 6.23. The third-order valence-electron chi connectivity index (χ3n) is 4.08. The van der Waals surface area contributed by atoms with Crippen LogP contribution in [-0.4, -0.2) is 31.8 Å². The van der Waals surface area contributed by atoms with Gasteiger partial charge in [0.15, 0.2) is 0 Å². The van der Waals surface area contributed by atoms with Gasteiger partial charge in [-0.15, -0.1) is 11.8 Å². The van der Waals surface area contributed by atoms with E-state index in [0.29, 0.717) is 17.2 Å². The van der Waals surface area contributed by atoms with E-state index in [1.807, 2.05) is 24.3 Å². The van der Waals surface area contributed by atoms with Crippen LogP contribution in [-0.2, 0) is 9.59 Å². The predicted octanol–water partition coefficient (Wildman–Crippen LogP) is 3.78. The lowest BCUT2D eigenvalue weighted by Crippen LogP contribution is -2.14. The molecule has 2 amide bonds. The molecule has 0 aromatic heterocycles. The fourth-order valence-corrected chi connectivity index (χ4v) is 3.15. The SMILES string of the molecule is COc1cc(NC(=O)CSc2ccc(NC(=O)C3CC3)cc2)cc(OC)c1. The molecular formula is C20H22N2O4S. The molecule has 1 aliphatic rings. The molecule has 7 heteroatoms. The first-order valence-electron chi connectivity index (χ1n) is 8.64. The van der Waals surface area contributed by atoms with E-state index >= 15 is 0 Å². The van der Waals surface area contributed by atoms with E-state index in [0.717, 1.165) is 23.4 Å². The van der Waals surface area contributed by atoms with Gasteiger partial charge in [-0.25, -0.2) is 0 Å². The number of anilines is 2. The Morgan fingerprint density at radius 3 is 2.15 bits per heavy atom. The van der Waals surface area contributed by atoms with E-state index < -0.39 is 0 Å². The zero-order chi connectivity index (χ0) is 19.2. The summed E-state index contributed by atoms with van der Waals surface area (Å²) in [5.74, 6) is 1.64. The maximum Gasteiger partial charge on any atom is 0.234 e. The Balaban J connectivity index is 1.50. The number of carbonyl (C=O) groups is 2. The first kappa shape index (κ1) is 19.1. The van der Waals surface area contributed by atoms with Gasteiger partial charge in [-0.05, 0) is 37.1 Å². The van der Waals surface area contributed by atoms with Crippen LogP contribution >= 0.6 is 11.8 Å². The maximum atomic E-state index is 12.2. The molecule has 142 valence electrons. The molecule has 3 rings (SSSR count). The molecule has 1 saturated carbocycles. The molecule has 2 N–H and O–H groups in total. The van der Waals surface area contributed by atoms with E-state index in [1.165, 1.54) is 11.8 Å². The summed E-state index contributed by atoms with van der Waals surface area (Å²) in [7, 11) is 3.12. The van der Waals surface area contributed by atoms with E-state index in [1.54, 1.807) is 32.4 Å². The minimum Gasteiger partial charge on any atom is -0.497 e. The highest BCUT2D eigenvalue weighted by atomic mass is 32.2. The van der Waals surface area contributed by atoms with Crippen LogP contribution in [0.15, 0.2) is 47.4 Å². The summed E-state index contributed by atoms with van der Waals surface area (Å²) in [4.78, 5) is 24.9. The smallest absolute Gasteiger partial charge is 0.234 e. The monoisotopic (exact) mass is 386 g/mol. The van der Waals surface area contributed by atoms with Gasteiger partial charge in [0.2, 0.25) is 11.8 Å². The number of hydrogen-bond acceptors (Lipinski definition) is 5. The highest BCUT2D eigenvalue weighted by Crippen LogP contribution is 2.30. The van der Waals surface area contributed by atoms with Crippen LogP contribution in [0, 0.1) is 5.92 Å². The Morgan fingerprint density at radius 2 is 1.59 bits per heavy atom. The Bertz CT molecular complexity index is 797. The van der Waals surface area contributed by atoms with Gasteiger partial charge in [-0.1, -0.05) is 0 Å². The summed E-state index contributed by atoms with van der Waals surface area (Å²) in [6.45, 7) is 0. The molecule has 2 aromatic carbocycles. The largest absolute Gasteiger partial charge is 0.497 e. The average molecular weight is 386 g/mol. The van der Waals surface area contributed by atoms with E-state index in [9.17, 15) is 9.59 Å². The number of hydrogen-bond donors (Lipinski definition) is 2. The van der Waals surface area contributed by atoms with Crippen molar-refractivity contribution in [2.75, 3.05) is 30.6 Å². The van der Waals surface area contributed by atoms with Gasteiger partial charge < -0.3 is 20.1 Å². The normalized spacial score (nSPS) is 13.0. The van der Waals surface area contributed by atoms with Gasteiger partial charge in [0.25, 0.3) is 0 Å². The zero-order valence-corrected chi connectivity index (χ0v) is 16.1. The van der Waals surface area contributed by atoms with Gasteiger partial charge >= 0.3 is 0 Å². The van der Waals surface area contributed by atoms with Crippen molar-refractivity contribution in [3.8, 4) is 11.5 Å². The van der Waals surface area contributed by atoms with Crippen LogP contribution in [0.25, 0.3) is 0 Å². The lowest BCUT2D eigenvalue weighted by atomic mass is 10.2. The highest BCUT2D eigenvalue weighted by Gasteiger charge is 2.29. The summed E-state index contributed by atoms with van der Waals surface area (Å²) in [6, 6.07) is 12.7. The van der Waals surface area contributed by atoms with Crippen LogP contribution in [0.4, 0.5) is 11.4 Å². The van der Waals surface area contributed by atoms with Gasteiger partial charge in [-0.2, -0.15) is 0 Å². The lowest BCUT2D eigenvalue weighted by molar-refractivity contribution is -0.117. The molecule has 0 saturated heterocycles. The number of rotatable bonds is 8. The van der Waals surface area contributed by atoms with Crippen molar-refractivity contribution < 1.29 is 19.1 Å². The number of amides is 2. The molecule has 2 aromatic rings. The Hall–Kier alpha value is -2.67. The van der Waals surface area contributed by atoms with Crippen molar-refractivity contribution in [1.82, 2.24) is 0 Å². The molecule has 0 bridgehead atoms. The van der Waals surface area contributed by atoms with Crippen LogP contribution < -0.4 is 20.1 Å². The van der Waals surface area contributed by atoms with Gasteiger partial charge in [-0.3, -0.25) is 9.59 Å². The first-order chi connectivity index (χ1) is 13.1. The number of ether oxygens (including phenoxy) is 2. The Morgan fingerprint density at radius 1 is 0.963 bits per heavy atom. The average Bonchev–Trinajstić information content (AvgIpc) is 3.52. The summed E-state index contributed by atoms with van der Waals surface area (Å²) in [5.41, 5.74) is 1.40. The standard InChI is InChI=1S/C20H22N2O4S/c1-25-16-9-15(10-17(11-16)26-2)21-19(23)12-27-18-7-5-14(6-8-18)22-20(24)13-3-4-13/h5-11,13H,3-4,12H2,1-2H3,(H,21,23)(H,22,24). The number of carbonyl (C=O) groups excluding carboxylic acids is 2. The van der Waals surface area contributed by atoms with E-state index in [2.05, 4.69) is 10.6 Å². The van der Waals surface area contributed by atoms with Gasteiger partial charge in [0, 0.05) is 40.4 Å². The molecule has 0 heterocycles. The lowest BCUT2D eigenvalue weighted by Gasteiger charge is -2.10. The quantitative estimate of drug-likeness (QED) is 0.675. The molecule has 1 fully saturated rings. The van der Waals surface area contributed by atoms with Crippen molar-refractivity contribution in [3.05, 3.63) is 42.5 Å². The minimum absolute atomic E-state index is 0.0866. The summed E-state index contributed by atoms with van der Waals surface area (Å²) < 4.78 is 10.4. The van der Waals surface area contributed by atoms with E-state index in [4.69, 9.17) is 9.47 Å². The molecular weight excluding hydrogens is 364 g/mol. The molecule has 1 aliphatic carbocycles. The van der Waals surface area contributed by atoms with Crippen LogP contribution in [0.5, 0.6) is 11.5 Å². The molecule has 0 atom stereocenters. The second-order valence-corrected chi connectivity index (χ2v) is 7.27. The third-order valence-corrected chi connectivity index (χ3v) is 5.09. The minimum atomic E-state index is -0.124. The summed E-state index contributed by atoms with van der Waals surface area (Å²) in [6.07, 6.45) is 1.96. The van der Waals surface area contributed by atoms with Crippen molar-refractivity contribution in [2.45, 2.75) is 17.7 Å². The van der Waals surface area contributed by atoms with Crippen molar-refractivity contribution >= 4 is 35.0 Å². The number of nitrogens with one attached hydrogen (secondary N) is 2. The fourth-order valence-electron chi connectivity index (χ4n) is 2.45. The molecule has 0 aliphatic heterocycles. The Kier molecular flexibility index (Phi) is 6.24. The number of benzene rings is 2. The van der Waals surface area contributed by atoms with Crippen LogP contribution in [0.3, 0.4) is 0 Å². The summed E-state index contributed by atoms with van der Waals surface area (Å²) >= 11 is 1.43. The topological polar surface area (TPSA) is 76.7 Å². The molecule has 0 unspecified atom stereocenters. The molecule has 0 radical (unpaired) electrons. The van der Waals surface area contributed by atoms with Crippen molar-refractivity contribution in [3.63, 3.8) is 0 Å². The summed E-state index contributed by atoms with van der Waals surface area (Å²) in [5, 5.41) is 5.74. The first-order valence-corrected chi connectivity index (χ1v) is 9.62. The van der Waals surface area contributed by atoms with E-state index in [-0.39, 0.29) is 23.5 Å². The van der Waals surface area contributed by atoms with Gasteiger partial charge in [0.05, 0.1) is 20.0 Å². The van der Waals surface area contributed by atoms with Gasteiger partial charge in [0.1, 0.15) is 11.5 Å². The fraction of sp³-hybridized carbons (Fsp3) is 0.300. The van der Waals surface area contributed by atoms with Crippen LogP contribution in [0.1, 0.15) is 12.8 Å². The van der Waals surface area contributed by atoms with Crippen LogP contribution in [0.2, 0.25) is 0 Å². The van der Waals surface area contributed by atoms with Crippen molar-refractivity contribution in [2.24, 2.45) is 5.92 Å². The number of thioether (sulfide) groups is 1. The maximum absolute atomic E-state index is 12.2. The second kappa shape index (κ2) is 8.81. The highest BCUT2D eigenvalue weighted by molar-refractivity contribution is 8.00. The molecule has 6 nitrogen and oxygen atoms in total.